The van der Waals surface area contributed by atoms with Crippen LogP contribution in [0.3, 0.4) is 0 Å². The number of rotatable bonds is 3. The zero-order chi connectivity index (χ0) is 24.8. The second kappa shape index (κ2) is 8.07. The molecule has 13 heteroatoms. The number of nitrogens with one attached hydrogen (secondary N) is 1. The molecule has 176 valence electrons. The highest BCUT2D eigenvalue weighted by molar-refractivity contribution is 6.03. The fraction of sp³-hybridized carbons (Fsp3) is 0.286. The van der Waals surface area contributed by atoms with Gasteiger partial charge < -0.3 is 15.8 Å². The van der Waals surface area contributed by atoms with Gasteiger partial charge in [-0.15, -0.1) is 0 Å². The quantitative estimate of drug-likeness (QED) is 0.650. The van der Waals surface area contributed by atoms with Gasteiger partial charge in [-0.3, -0.25) is 14.5 Å². The number of alkyl halides is 3. The van der Waals surface area contributed by atoms with Crippen molar-refractivity contribution in [1.29, 1.82) is 5.26 Å². The van der Waals surface area contributed by atoms with Crippen LogP contribution in [0.5, 0.6) is 0 Å². The van der Waals surface area contributed by atoms with Crippen LogP contribution in [0.2, 0.25) is 0 Å². The Morgan fingerprint density at radius 3 is 2.71 bits per heavy atom. The molecule has 2 amide bonds. The van der Waals surface area contributed by atoms with Gasteiger partial charge in [-0.1, -0.05) is 0 Å². The fourth-order valence-corrected chi connectivity index (χ4v) is 4.00. The summed E-state index contributed by atoms with van der Waals surface area (Å²) in [6, 6.07) is 7.73. The number of anilines is 1. The maximum Gasteiger partial charge on any atom is 0.415 e. The number of carbonyl (C=O) groups is 2. The van der Waals surface area contributed by atoms with Gasteiger partial charge in [0.15, 0.2) is 12.1 Å². The first kappa shape index (κ1) is 23.1. The van der Waals surface area contributed by atoms with E-state index < -0.39 is 53.9 Å². The van der Waals surface area contributed by atoms with Crippen molar-refractivity contribution in [2.45, 2.75) is 17.8 Å². The van der Waals surface area contributed by atoms with Crippen LogP contribution >= 0.6 is 0 Å². The van der Waals surface area contributed by atoms with Gasteiger partial charge in [0.2, 0.25) is 5.91 Å². The summed E-state index contributed by atoms with van der Waals surface area (Å²) in [6.07, 6.45) is -6.27. The SMILES string of the molecule is CN1C(=O)[C@@H]2[C@@H](C(F)(F)F)OC[C@]2(c2cc(NC(=O)c3ccc(C#N)cn3)ccc2F)N=C1N. The van der Waals surface area contributed by atoms with Gasteiger partial charge in [0, 0.05) is 24.5 Å². The minimum absolute atomic E-state index is 0.0105. The summed E-state index contributed by atoms with van der Waals surface area (Å²) in [5.74, 6) is -5.02. The van der Waals surface area contributed by atoms with Crippen molar-refractivity contribution in [1.82, 2.24) is 9.88 Å². The van der Waals surface area contributed by atoms with E-state index in [4.69, 9.17) is 15.7 Å². The molecule has 0 aliphatic carbocycles. The predicted molar refractivity (Wildman–Crippen MR) is 109 cm³/mol. The Balaban J connectivity index is 1.75. The van der Waals surface area contributed by atoms with Gasteiger partial charge in [-0.25, -0.2) is 14.4 Å². The molecule has 9 nitrogen and oxygen atoms in total. The molecule has 0 spiro atoms. The van der Waals surface area contributed by atoms with Crippen LogP contribution < -0.4 is 11.1 Å². The van der Waals surface area contributed by atoms with E-state index in [2.05, 4.69) is 15.3 Å². The molecular weight excluding hydrogens is 460 g/mol. The Kier molecular flexibility index (Phi) is 5.49. The molecule has 2 aromatic rings. The number of aromatic nitrogens is 1. The predicted octanol–water partition coefficient (Wildman–Crippen LogP) is 1.90. The van der Waals surface area contributed by atoms with E-state index in [0.717, 1.165) is 24.1 Å². The van der Waals surface area contributed by atoms with Gasteiger partial charge in [0.1, 0.15) is 29.0 Å². The number of amides is 2. The van der Waals surface area contributed by atoms with Crippen molar-refractivity contribution < 1.29 is 31.9 Å². The lowest BCUT2D eigenvalue weighted by molar-refractivity contribution is -0.218. The molecule has 4 rings (SSSR count). The highest BCUT2D eigenvalue weighted by Crippen LogP contribution is 2.51. The van der Waals surface area contributed by atoms with E-state index in [0.29, 0.717) is 0 Å². The van der Waals surface area contributed by atoms with Gasteiger partial charge in [0.05, 0.1) is 12.2 Å². The number of benzene rings is 1. The Hall–Kier alpha value is -4.05. The second-order valence-electron chi connectivity index (χ2n) is 7.74. The average molecular weight is 476 g/mol. The zero-order valence-corrected chi connectivity index (χ0v) is 17.4. The summed E-state index contributed by atoms with van der Waals surface area (Å²) in [5, 5.41) is 11.3. The molecule has 2 aliphatic rings. The zero-order valence-electron chi connectivity index (χ0n) is 17.4. The standard InChI is InChI=1S/C21H16F4N6O3/c1-31-18(33)15-16(21(23,24)25)34-9-20(15,30-19(31)27)12-6-11(3-4-13(12)22)29-17(32)14-5-2-10(7-26)8-28-14/h2-6,8,15-16H,9H2,1H3,(H2,27,30)(H,29,32)/t15-,16-,20+/m0/s1. The minimum Gasteiger partial charge on any atom is -0.369 e. The van der Waals surface area contributed by atoms with Crippen molar-refractivity contribution in [3.63, 3.8) is 0 Å². The van der Waals surface area contributed by atoms with Crippen LogP contribution in [-0.2, 0) is 15.1 Å². The van der Waals surface area contributed by atoms with Crippen LogP contribution in [0.15, 0.2) is 41.5 Å². The molecule has 0 radical (unpaired) electrons. The lowest BCUT2D eigenvalue weighted by atomic mass is 9.76. The Bertz CT molecular complexity index is 1240. The third-order valence-electron chi connectivity index (χ3n) is 5.69. The molecule has 1 fully saturated rings. The van der Waals surface area contributed by atoms with E-state index in [1.54, 1.807) is 0 Å². The fourth-order valence-electron chi connectivity index (χ4n) is 4.00. The number of fused-ring (bicyclic) bond motifs is 1. The molecule has 1 aromatic carbocycles. The van der Waals surface area contributed by atoms with Crippen molar-refractivity contribution in [3.05, 3.63) is 59.2 Å². The number of pyridine rings is 1. The van der Waals surface area contributed by atoms with Gasteiger partial charge >= 0.3 is 6.18 Å². The third-order valence-corrected chi connectivity index (χ3v) is 5.69. The van der Waals surface area contributed by atoms with Crippen LogP contribution in [0.1, 0.15) is 21.6 Å². The normalized spacial score (nSPS) is 24.3. The van der Waals surface area contributed by atoms with Crippen LogP contribution in [0, 0.1) is 23.1 Å². The summed E-state index contributed by atoms with van der Waals surface area (Å²) in [4.78, 5) is 34.0. The molecule has 0 saturated carbocycles. The lowest BCUT2D eigenvalue weighted by Gasteiger charge is -2.39. The summed E-state index contributed by atoms with van der Waals surface area (Å²) in [6.45, 7) is -0.756. The van der Waals surface area contributed by atoms with Gasteiger partial charge in [-0.05, 0) is 30.3 Å². The summed E-state index contributed by atoms with van der Waals surface area (Å²) < 4.78 is 60.9. The number of guanidine groups is 1. The maximum absolute atomic E-state index is 15.0. The Morgan fingerprint density at radius 1 is 1.35 bits per heavy atom. The van der Waals surface area contributed by atoms with Crippen molar-refractivity contribution in [2.24, 2.45) is 16.6 Å². The number of carbonyl (C=O) groups excluding carboxylic acids is 2. The lowest BCUT2D eigenvalue weighted by Crippen LogP contribution is -2.57. The van der Waals surface area contributed by atoms with Crippen molar-refractivity contribution >= 4 is 23.5 Å². The average Bonchev–Trinajstić information content (AvgIpc) is 3.19. The summed E-state index contributed by atoms with van der Waals surface area (Å²) in [7, 11) is 1.16. The summed E-state index contributed by atoms with van der Waals surface area (Å²) >= 11 is 0. The number of nitrogens with two attached hydrogens (primary N) is 1. The first-order chi connectivity index (χ1) is 16.0. The van der Waals surface area contributed by atoms with Crippen LogP contribution in [-0.4, -0.2) is 53.6 Å². The van der Waals surface area contributed by atoms with Gasteiger partial charge in [0.25, 0.3) is 5.91 Å². The van der Waals surface area contributed by atoms with E-state index in [1.165, 1.54) is 24.4 Å². The van der Waals surface area contributed by atoms with Crippen LogP contribution in [0.25, 0.3) is 0 Å². The number of nitrogens with zero attached hydrogens (tertiary/aromatic N) is 4. The van der Waals surface area contributed by atoms with E-state index in [9.17, 15) is 27.2 Å². The number of nitriles is 1. The van der Waals surface area contributed by atoms with Crippen LogP contribution in [0.4, 0.5) is 23.2 Å². The van der Waals surface area contributed by atoms with E-state index in [1.807, 2.05) is 6.07 Å². The molecule has 3 atom stereocenters. The second-order valence-corrected chi connectivity index (χ2v) is 7.74. The highest BCUT2D eigenvalue weighted by atomic mass is 19.4. The first-order valence-corrected chi connectivity index (χ1v) is 9.76. The topological polar surface area (TPSA) is 134 Å². The molecule has 1 aromatic heterocycles. The molecular formula is C21H16F4N6O3. The summed E-state index contributed by atoms with van der Waals surface area (Å²) in [5.41, 5.74) is 3.47. The molecule has 2 aliphatic heterocycles. The maximum atomic E-state index is 15.0. The number of hydrogen-bond donors (Lipinski definition) is 2. The van der Waals surface area contributed by atoms with Crippen molar-refractivity contribution in [3.8, 4) is 6.07 Å². The monoisotopic (exact) mass is 476 g/mol. The van der Waals surface area contributed by atoms with Gasteiger partial charge in [-0.2, -0.15) is 18.4 Å². The highest BCUT2D eigenvalue weighted by Gasteiger charge is 2.66. The number of hydrogen-bond acceptors (Lipinski definition) is 7. The van der Waals surface area contributed by atoms with E-state index in [-0.39, 0.29) is 22.5 Å². The molecule has 0 unspecified atom stereocenters. The largest absolute Gasteiger partial charge is 0.415 e. The molecule has 1 saturated heterocycles. The number of ether oxygens (including phenoxy) is 1. The minimum atomic E-state index is -4.92. The van der Waals surface area contributed by atoms with E-state index >= 15 is 0 Å². The molecule has 0 bridgehead atoms. The third kappa shape index (κ3) is 3.71. The number of aliphatic imine (C=N–C) groups is 1. The Labute approximate surface area is 189 Å². The molecule has 3 heterocycles. The van der Waals surface area contributed by atoms with Crippen molar-refractivity contribution in [2.75, 3.05) is 19.0 Å². The first-order valence-electron chi connectivity index (χ1n) is 9.76. The molecule has 3 N–H and O–H groups in total. The Morgan fingerprint density at radius 2 is 2.09 bits per heavy atom. The smallest absolute Gasteiger partial charge is 0.369 e. The number of halogens is 4. The molecule has 34 heavy (non-hydrogen) atoms.